The minimum absolute atomic E-state index is 0.0677. The molecule has 0 aliphatic rings. The number of primary amides is 1. The number of halogens is 1. The Bertz CT molecular complexity index is 379. The fraction of sp³-hybridized carbons (Fsp3) is 0.111. The van der Waals surface area contributed by atoms with Gasteiger partial charge in [-0.05, 0) is 6.07 Å². The van der Waals surface area contributed by atoms with E-state index in [-0.39, 0.29) is 12.0 Å². The minimum Gasteiger partial charge on any atom is -0.369 e. The molecule has 0 unspecified atom stereocenters. The van der Waals surface area contributed by atoms with E-state index in [1.807, 2.05) is 0 Å². The number of nitrogens with two attached hydrogens (primary N) is 1. The summed E-state index contributed by atoms with van der Waals surface area (Å²) in [5, 5.41) is 0. The zero-order valence-electron chi connectivity index (χ0n) is 6.75. The molecule has 1 heterocycles. The number of rotatable bonds is 1. The van der Waals surface area contributed by atoms with Crippen LogP contribution in [0, 0.1) is 17.7 Å². The van der Waals surface area contributed by atoms with Crippen LogP contribution >= 0.6 is 0 Å². The molecular weight excluding hydrogens is 171 g/mol. The quantitative estimate of drug-likeness (QED) is 0.634. The van der Waals surface area contributed by atoms with Gasteiger partial charge >= 0.3 is 0 Å². The third-order valence-corrected chi connectivity index (χ3v) is 1.26. The summed E-state index contributed by atoms with van der Waals surface area (Å²) in [4.78, 5) is 13.8. The standard InChI is InChI=1S/C9H7FN2O/c10-8-6-12-5-4-7(8)2-1-3-9(11)13/h4-6H,3H2,(H2,11,13). The van der Waals surface area contributed by atoms with Crippen molar-refractivity contribution in [2.24, 2.45) is 5.73 Å². The largest absolute Gasteiger partial charge is 0.369 e. The minimum atomic E-state index is -0.526. The molecule has 4 heteroatoms. The highest BCUT2D eigenvalue weighted by Crippen LogP contribution is 2.01. The molecule has 1 amide bonds. The Hall–Kier alpha value is -1.89. The van der Waals surface area contributed by atoms with Gasteiger partial charge in [-0.1, -0.05) is 11.8 Å². The Kier molecular flexibility index (Phi) is 2.98. The van der Waals surface area contributed by atoms with Gasteiger partial charge < -0.3 is 5.73 Å². The van der Waals surface area contributed by atoms with Crippen molar-refractivity contribution in [2.45, 2.75) is 6.42 Å². The van der Waals surface area contributed by atoms with E-state index in [1.54, 1.807) is 0 Å². The fourth-order valence-electron chi connectivity index (χ4n) is 0.703. The van der Waals surface area contributed by atoms with Crippen LogP contribution in [0.15, 0.2) is 18.5 Å². The van der Waals surface area contributed by atoms with Crippen molar-refractivity contribution in [3.8, 4) is 11.8 Å². The van der Waals surface area contributed by atoms with Gasteiger partial charge in [0.1, 0.15) is 0 Å². The zero-order chi connectivity index (χ0) is 9.68. The molecular formula is C9H7FN2O. The highest BCUT2D eigenvalue weighted by Gasteiger charge is 1.95. The van der Waals surface area contributed by atoms with Gasteiger partial charge in [-0.3, -0.25) is 9.78 Å². The fourth-order valence-corrected chi connectivity index (χ4v) is 0.703. The van der Waals surface area contributed by atoms with Crippen molar-refractivity contribution >= 4 is 5.91 Å². The van der Waals surface area contributed by atoms with Gasteiger partial charge in [-0.15, -0.1) is 0 Å². The number of hydrogen-bond donors (Lipinski definition) is 1. The van der Waals surface area contributed by atoms with E-state index >= 15 is 0 Å². The van der Waals surface area contributed by atoms with Crippen LogP contribution in [0.1, 0.15) is 12.0 Å². The molecule has 0 aromatic carbocycles. The molecule has 1 rings (SSSR count). The van der Waals surface area contributed by atoms with Crippen LogP contribution in [0.25, 0.3) is 0 Å². The molecule has 0 aliphatic carbocycles. The number of carbonyl (C=O) groups is 1. The number of hydrogen-bond acceptors (Lipinski definition) is 2. The van der Waals surface area contributed by atoms with Gasteiger partial charge in [0.2, 0.25) is 5.91 Å². The molecule has 0 aliphatic heterocycles. The number of aromatic nitrogens is 1. The summed E-state index contributed by atoms with van der Waals surface area (Å²) in [6.45, 7) is 0. The zero-order valence-corrected chi connectivity index (χ0v) is 6.75. The molecule has 1 aromatic rings. The first-order valence-corrected chi connectivity index (χ1v) is 3.57. The predicted octanol–water partition coefficient (Wildman–Crippen LogP) is 0.448. The van der Waals surface area contributed by atoms with Crippen LogP contribution in [-0.2, 0) is 4.79 Å². The summed E-state index contributed by atoms with van der Waals surface area (Å²) in [6, 6.07) is 1.43. The third kappa shape index (κ3) is 2.91. The lowest BCUT2D eigenvalue weighted by Gasteiger charge is -1.89. The summed E-state index contributed by atoms with van der Waals surface area (Å²) < 4.78 is 12.8. The van der Waals surface area contributed by atoms with Crippen LogP contribution in [-0.4, -0.2) is 10.9 Å². The highest BCUT2D eigenvalue weighted by atomic mass is 19.1. The summed E-state index contributed by atoms with van der Waals surface area (Å²) in [5.74, 6) is 3.90. The predicted molar refractivity (Wildman–Crippen MR) is 44.9 cm³/mol. The Balaban J connectivity index is 2.77. The molecule has 0 spiro atoms. The maximum Gasteiger partial charge on any atom is 0.229 e. The van der Waals surface area contributed by atoms with Gasteiger partial charge in [0.25, 0.3) is 0 Å². The third-order valence-electron chi connectivity index (χ3n) is 1.26. The monoisotopic (exact) mass is 178 g/mol. The highest BCUT2D eigenvalue weighted by molar-refractivity contribution is 5.76. The van der Waals surface area contributed by atoms with Gasteiger partial charge in [0.05, 0.1) is 18.2 Å². The lowest BCUT2D eigenvalue weighted by molar-refractivity contribution is -0.117. The normalized spacial score (nSPS) is 8.69. The van der Waals surface area contributed by atoms with E-state index in [0.717, 1.165) is 6.20 Å². The molecule has 2 N–H and O–H groups in total. The van der Waals surface area contributed by atoms with Crippen molar-refractivity contribution in [1.29, 1.82) is 0 Å². The van der Waals surface area contributed by atoms with Crippen LogP contribution in [0.5, 0.6) is 0 Å². The molecule has 1 aromatic heterocycles. The Morgan fingerprint density at radius 2 is 2.46 bits per heavy atom. The summed E-state index contributed by atoms with van der Waals surface area (Å²) >= 11 is 0. The molecule has 0 fully saturated rings. The average molecular weight is 178 g/mol. The first-order chi connectivity index (χ1) is 6.20. The van der Waals surface area contributed by atoms with Gasteiger partial charge in [-0.2, -0.15) is 0 Å². The summed E-state index contributed by atoms with van der Waals surface area (Å²) in [5.41, 5.74) is 5.07. The van der Waals surface area contributed by atoms with Crippen molar-refractivity contribution in [2.75, 3.05) is 0 Å². The van der Waals surface area contributed by atoms with E-state index < -0.39 is 11.7 Å². The Labute approximate surface area is 74.8 Å². The second-order valence-electron chi connectivity index (χ2n) is 2.30. The average Bonchev–Trinajstić information content (AvgIpc) is 2.08. The van der Waals surface area contributed by atoms with E-state index in [0.29, 0.717) is 0 Å². The second-order valence-corrected chi connectivity index (χ2v) is 2.30. The molecule has 3 nitrogen and oxygen atoms in total. The molecule has 0 radical (unpaired) electrons. The summed E-state index contributed by atoms with van der Waals surface area (Å²) in [7, 11) is 0. The van der Waals surface area contributed by atoms with E-state index in [4.69, 9.17) is 5.73 Å². The maximum absolute atomic E-state index is 12.8. The SMILES string of the molecule is NC(=O)CC#Cc1ccncc1F. The van der Waals surface area contributed by atoms with E-state index in [1.165, 1.54) is 12.3 Å². The lowest BCUT2D eigenvalue weighted by atomic mass is 10.2. The molecule has 0 atom stereocenters. The second kappa shape index (κ2) is 4.21. The maximum atomic E-state index is 12.8. The van der Waals surface area contributed by atoms with Gasteiger partial charge in [0, 0.05) is 6.20 Å². The van der Waals surface area contributed by atoms with Crippen LogP contribution < -0.4 is 5.73 Å². The van der Waals surface area contributed by atoms with E-state index in [9.17, 15) is 9.18 Å². The van der Waals surface area contributed by atoms with Crippen LogP contribution in [0.3, 0.4) is 0 Å². The Morgan fingerprint density at radius 3 is 3.08 bits per heavy atom. The van der Waals surface area contributed by atoms with E-state index in [2.05, 4.69) is 16.8 Å². The molecule has 0 saturated carbocycles. The van der Waals surface area contributed by atoms with Crippen LogP contribution in [0.4, 0.5) is 4.39 Å². The van der Waals surface area contributed by atoms with Gasteiger partial charge in [-0.25, -0.2) is 4.39 Å². The summed E-state index contributed by atoms with van der Waals surface area (Å²) in [6.07, 6.45) is 2.42. The molecule has 66 valence electrons. The molecule has 0 bridgehead atoms. The van der Waals surface area contributed by atoms with Crippen molar-refractivity contribution in [3.63, 3.8) is 0 Å². The lowest BCUT2D eigenvalue weighted by Crippen LogP contribution is -2.08. The number of carbonyl (C=O) groups excluding carboxylic acids is 1. The smallest absolute Gasteiger partial charge is 0.229 e. The van der Waals surface area contributed by atoms with Crippen LogP contribution in [0.2, 0.25) is 0 Å². The number of amides is 1. The number of nitrogens with zero attached hydrogens (tertiary/aromatic N) is 1. The van der Waals surface area contributed by atoms with Crippen molar-refractivity contribution < 1.29 is 9.18 Å². The first-order valence-electron chi connectivity index (χ1n) is 3.57. The Morgan fingerprint density at radius 1 is 1.69 bits per heavy atom. The topological polar surface area (TPSA) is 56.0 Å². The molecule has 13 heavy (non-hydrogen) atoms. The van der Waals surface area contributed by atoms with Crippen molar-refractivity contribution in [1.82, 2.24) is 4.98 Å². The first kappa shape index (κ1) is 9.20. The molecule has 0 saturated heterocycles. The number of pyridine rings is 1. The van der Waals surface area contributed by atoms with Crippen molar-refractivity contribution in [3.05, 3.63) is 29.8 Å². The van der Waals surface area contributed by atoms with Gasteiger partial charge in [0.15, 0.2) is 5.82 Å².